The Hall–Kier alpha value is -1.22. The molecule has 0 aliphatic heterocycles. The van der Waals surface area contributed by atoms with Crippen molar-refractivity contribution in [3.8, 4) is 5.75 Å². The minimum absolute atomic E-state index is 0.169. The van der Waals surface area contributed by atoms with Gasteiger partial charge in [0.1, 0.15) is 5.75 Å². The number of hydrogen-bond acceptors (Lipinski definition) is 3. The molecule has 1 aromatic carbocycles. The van der Waals surface area contributed by atoms with E-state index in [0.717, 1.165) is 19.5 Å². The van der Waals surface area contributed by atoms with Crippen LogP contribution in [0.25, 0.3) is 0 Å². The molecule has 18 heavy (non-hydrogen) atoms. The molecule has 0 saturated heterocycles. The molecule has 0 amide bonds. The van der Waals surface area contributed by atoms with Gasteiger partial charge in [0.2, 0.25) is 0 Å². The van der Waals surface area contributed by atoms with Crippen molar-refractivity contribution in [2.75, 3.05) is 12.3 Å². The summed E-state index contributed by atoms with van der Waals surface area (Å²) in [5.74, 6) is 0.169. The highest BCUT2D eigenvalue weighted by atomic mass is 16.3. The van der Waals surface area contributed by atoms with E-state index in [1.165, 1.54) is 18.4 Å². The number of benzene rings is 1. The van der Waals surface area contributed by atoms with Crippen molar-refractivity contribution in [3.05, 3.63) is 23.8 Å². The lowest BCUT2D eigenvalue weighted by Crippen LogP contribution is -2.33. The standard InChI is InChI=1S/C15H26N2O/c1-4-6-9-17(12(3)5-2)11-13-7-8-15(18)14(16)10-13/h7-8,10,12,18H,4-6,9,11,16H2,1-3H3. The lowest BCUT2D eigenvalue weighted by Gasteiger charge is -2.28. The van der Waals surface area contributed by atoms with Crippen LogP contribution in [-0.4, -0.2) is 22.6 Å². The lowest BCUT2D eigenvalue weighted by molar-refractivity contribution is 0.192. The van der Waals surface area contributed by atoms with Crippen LogP contribution in [0.1, 0.15) is 45.6 Å². The van der Waals surface area contributed by atoms with E-state index in [4.69, 9.17) is 5.73 Å². The summed E-state index contributed by atoms with van der Waals surface area (Å²) in [4.78, 5) is 2.48. The molecular formula is C15H26N2O. The molecule has 3 heteroatoms. The average Bonchev–Trinajstić information content (AvgIpc) is 2.37. The number of rotatable bonds is 7. The number of nitrogens with zero attached hydrogens (tertiary/aromatic N) is 1. The van der Waals surface area contributed by atoms with Crippen LogP contribution in [0.15, 0.2) is 18.2 Å². The Morgan fingerprint density at radius 1 is 1.33 bits per heavy atom. The predicted octanol–water partition coefficient (Wildman–Crippen LogP) is 3.38. The summed E-state index contributed by atoms with van der Waals surface area (Å²) in [6.45, 7) is 8.72. The molecule has 0 spiro atoms. The topological polar surface area (TPSA) is 49.5 Å². The van der Waals surface area contributed by atoms with Crippen LogP contribution >= 0.6 is 0 Å². The number of hydrogen-bond donors (Lipinski definition) is 2. The van der Waals surface area contributed by atoms with Crippen LogP contribution < -0.4 is 5.73 Å². The molecular weight excluding hydrogens is 224 g/mol. The first-order valence-electron chi connectivity index (χ1n) is 6.89. The molecule has 0 aliphatic rings. The molecule has 0 radical (unpaired) electrons. The molecule has 102 valence electrons. The fraction of sp³-hybridized carbons (Fsp3) is 0.600. The summed E-state index contributed by atoms with van der Waals surface area (Å²) in [6.07, 6.45) is 3.58. The molecule has 1 unspecified atom stereocenters. The lowest BCUT2D eigenvalue weighted by atomic mass is 10.1. The fourth-order valence-corrected chi connectivity index (χ4v) is 2.01. The van der Waals surface area contributed by atoms with Crippen molar-refractivity contribution >= 4 is 5.69 Å². The van der Waals surface area contributed by atoms with Crippen LogP contribution in [0.3, 0.4) is 0 Å². The summed E-state index contributed by atoms with van der Waals surface area (Å²) in [5.41, 5.74) is 7.37. The average molecular weight is 250 g/mol. The smallest absolute Gasteiger partial charge is 0.138 e. The van der Waals surface area contributed by atoms with E-state index < -0.39 is 0 Å². The fourth-order valence-electron chi connectivity index (χ4n) is 2.01. The number of phenols is 1. The van der Waals surface area contributed by atoms with Crippen molar-refractivity contribution < 1.29 is 5.11 Å². The minimum atomic E-state index is 0.169. The highest BCUT2D eigenvalue weighted by Gasteiger charge is 2.12. The number of phenolic OH excluding ortho intramolecular Hbond substituents is 1. The minimum Gasteiger partial charge on any atom is -0.506 e. The van der Waals surface area contributed by atoms with Gasteiger partial charge in [-0.05, 0) is 44.0 Å². The van der Waals surface area contributed by atoms with Gasteiger partial charge in [-0.1, -0.05) is 26.3 Å². The number of nitrogens with two attached hydrogens (primary N) is 1. The van der Waals surface area contributed by atoms with Gasteiger partial charge in [-0.3, -0.25) is 4.90 Å². The Bertz CT molecular complexity index is 366. The number of anilines is 1. The van der Waals surface area contributed by atoms with Crippen LogP contribution in [0.2, 0.25) is 0 Å². The van der Waals surface area contributed by atoms with E-state index in [-0.39, 0.29) is 5.75 Å². The van der Waals surface area contributed by atoms with E-state index in [2.05, 4.69) is 25.7 Å². The SMILES string of the molecule is CCCCN(Cc1ccc(O)c(N)c1)C(C)CC. The quantitative estimate of drug-likeness (QED) is 0.576. The first kappa shape index (κ1) is 14.8. The van der Waals surface area contributed by atoms with Gasteiger partial charge in [0.25, 0.3) is 0 Å². The molecule has 0 fully saturated rings. The van der Waals surface area contributed by atoms with Gasteiger partial charge in [0.15, 0.2) is 0 Å². The third kappa shape index (κ3) is 4.22. The second-order valence-electron chi connectivity index (χ2n) is 4.97. The Kier molecular flexibility index (Phi) is 5.99. The zero-order valence-corrected chi connectivity index (χ0v) is 11.8. The van der Waals surface area contributed by atoms with E-state index in [1.807, 2.05) is 12.1 Å². The van der Waals surface area contributed by atoms with Crippen molar-refractivity contribution in [3.63, 3.8) is 0 Å². The molecule has 3 nitrogen and oxygen atoms in total. The van der Waals surface area contributed by atoms with Crippen LogP contribution in [0.4, 0.5) is 5.69 Å². The first-order chi connectivity index (χ1) is 8.58. The molecule has 0 heterocycles. The number of unbranched alkanes of at least 4 members (excludes halogenated alkanes) is 1. The van der Waals surface area contributed by atoms with Gasteiger partial charge < -0.3 is 10.8 Å². The van der Waals surface area contributed by atoms with Crippen molar-refractivity contribution in [2.24, 2.45) is 0 Å². The second kappa shape index (κ2) is 7.27. The van der Waals surface area contributed by atoms with Gasteiger partial charge in [-0.2, -0.15) is 0 Å². The normalized spacial score (nSPS) is 12.9. The summed E-state index contributed by atoms with van der Waals surface area (Å²) in [5, 5.41) is 9.44. The zero-order valence-electron chi connectivity index (χ0n) is 11.8. The molecule has 3 N–H and O–H groups in total. The molecule has 1 aromatic rings. The Morgan fingerprint density at radius 3 is 2.61 bits per heavy atom. The summed E-state index contributed by atoms with van der Waals surface area (Å²) in [6, 6.07) is 6.08. The molecule has 0 aliphatic carbocycles. The summed E-state index contributed by atoms with van der Waals surface area (Å²) in [7, 11) is 0. The summed E-state index contributed by atoms with van der Waals surface area (Å²) < 4.78 is 0. The monoisotopic (exact) mass is 250 g/mol. The Labute approximate surface area is 111 Å². The second-order valence-corrected chi connectivity index (χ2v) is 4.97. The van der Waals surface area contributed by atoms with Gasteiger partial charge in [0, 0.05) is 12.6 Å². The van der Waals surface area contributed by atoms with Crippen molar-refractivity contribution in [1.29, 1.82) is 0 Å². The number of nitrogen functional groups attached to an aromatic ring is 1. The van der Waals surface area contributed by atoms with E-state index in [1.54, 1.807) is 6.07 Å². The molecule has 0 aromatic heterocycles. The van der Waals surface area contributed by atoms with Crippen molar-refractivity contribution in [2.45, 2.75) is 52.6 Å². The van der Waals surface area contributed by atoms with E-state index >= 15 is 0 Å². The van der Waals surface area contributed by atoms with Gasteiger partial charge in [-0.25, -0.2) is 0 Å². The molecule has 0 bridgehead atoms. The van der Waals surface area contributed by atoms with Crippen LogP contribution in [0.5, 0.6) is 5.75 Å². The summed E-state index contributed by atoms with van der Waals surface area (Å²) >= 11 is 0. The van der Waals surface area contributed by atoms with Crippen LogP contribution in [-0.2, 0) is 6.54 Å². The third-order valence-corrected chi connectivity index (χ3v) is 3.49. The molecule has 1 rings (SSSR count). The molecule has 0 saturated carbocycles. The Morgan fingerprint density at radius 2 is 2.06 bits per heavy atom. The first-order valence-corrected chi connectivity index (χ1v) is 6.89. The van der Waals surface area contributed by atoms with E-state index in [9.17, 15) is 5.11 Å². The maximum atomic E-state index is 9.44. The predicted molar refractivity (Wildman–Crippen MR) is 77.6 cm³/mol. The van der Waals surface area contributed by atoms with Crippen molar-refractivity contribution in [1.82, 2.24) is 4.90 Å². The maximum Gasteiger partial charge on any atom is 0.138 e. The van der Waals surface area contributed by atoms with Gasteiger partial charge in [0.05, 0.1) is 5.69 Å². The van der Waals surface area contributed by atoms with E-state index in [0.29, 0.717) is 11.7 Å². The third-order valence-electron chi connectivity index (χ3n) is 3.49. The maximum absolute atomic E-state index is 9.44. The number of aromatic hydroxyl groups is 1. The Balaban J connectivity index is 2.71. The molecule has 1 atom stereocenters. The largest absolute Gasteiger partial charge is 0.506 e. The van der Waals surface area contributed by atoms with Gasteiger partial charge >= 0.3 is 0 Å². The highest BCUT2D eigenvalue weighted by molar-refractivity contribution is 5.53. The van der Waals surface area contributed by atoms with Crippen LogP contribution in [0, 0.1) is 0 Å². The van der Waals surface area contributed by atoms with Gasteiger partial charge in [-0.15, -0.1) is 0 Å². The highest BCUT2D eigenvalue weighted by Crippen LogP contribution is 2.22. The zero-order chi connectivity index (χ0) is 13.5.